The Bertz CT molecular complexity index is 1050. The average molecular weight is 471 g/mol. The lowest BCUT2D eigenvalue weighted by molar-refractivity contribution is -0.123. The second-order valence-electron chi connectivity index (χ2n) is 7.24. The molecule has 0 aliphatic carbocycles. The van der Waals surface area contributed by atoms with E-state index in [0.29, 0.717) is 28.6 Å². The zero-order chi connectivity index (χ0) is 23.1. The van der Waals surface area contributed by atoms with Gasteiger partial charge in [0.2, 0.25) is 0 Å². The first-order valence-corrected chi connectivity index (χ1v) is 11.6. The number of nitrogens with one attached hydrogen (secondary N) is 1. The van der Waals surface area contributed by atoms with Crippen molar-refractivity contribution in [2.45, 2.75) is 33.1 Å². The van der Waals surface area contributed by atoms with Gasteiger partial charge in [-0.1, -0.05) is 55.8 Å². The van der Waals surface area contributed by atoms with Crippen molar-refractivity contribution in [1.82, 2.24) is 10.4 Å². The summed E-state index contributed by atoms with van der Waals surface area (Å²) in [6.45, 7) is 4.61. The molecule has 0 atom stereocenters. The highest BCUT2D eigenvalue weighted by Gasteiger charge is 2.34. The lowest BCUT2D eigenvalue weighted by atomic mass is 10.1. The second-order valence-corrected chi connectivity index (χ2v) is 8.91. The molecule has 2 amide bonds. The molecule has 0 unspecified atom stereocenters. The molecule has 1 heterocycles. The monoisotopic (exact) mass is 470 g/mol. The van der Waals surface area contributed by atoms with E-state index in [1.165, 1.54) is 0 Å². The minimum absolute atomic E-state index is 0.269. The summed E-state index contributed by atoms with van der Waals surface area (Å²) in [6.07, 6.45) is 4.95. The van der Waals surface area contributed by atoms with Crippen LogP contribution in [0.1, 0.15) is 47.7 Å². The third kappa shape index (κ3) is 5.69. The van der Waals surface area contributed by atoms with Gasteiger partial charge in [0.25, 0.3) is 11.8 Å². The molecule has 1 saturated heterocycles. The molecule has 6 nitrogen and oxygen atoms in total. The maximum atomic E-state index is 12.9. The summed E-state index contributed by atoms with van der Waals surface area (Å²) in [6, 6.07) is 12.7. The molecule has 168 valence electrons. The highest BCUT2D eigenvalue weighted by molar-refractivity contribution is 8.26. The number of hydrogen-bond donors (Lipinski definition) is 1. The van der Waals surface area contributed by atoms with Gasteiger partial charge < -0.3 is 9.47 Å². The number of thioether (sulfide) groups is 1. The fraction of sp³-hybridized carbons (Fsp3) is 0.292. The van der Waals surface area contributed by atoms with E-state index in [2.05, 4.69) is 12.3 Å². The number of nitrogens with zero attached hydrogens (tertiary/aromatic N) is 1. The van der Waals surface area contributed by atoms with Gasteiger partial charge in [-0.2, -0.15) is 5.01 Å². The predicted octanol–water partition coefficient (Wildman–Crippen LogP) is 5.12. The van der Waals surface area contributed by atoms with Crippen LogP contribution >= 0.6 is 24.0 Å². The van der Waals surface area contributed by atoms with Crippen LogP contribution in [0.4, 0.5) is 0 Å². The Morgan fingerprint density at radius 2 is 1.97 bits per heavy atom. The lowest BCUT2D eigenvalue weighted by Crippen LogP contribution is -2.45. The van der Waals surface area contributed by atoms with Crippen molar-refractivity contribution >= 4 is 46.2 Å². The number of amides is 2. The molecule has 0 spiro atoms. The van der Waals surface area contributed by atoms with Crippen molar-refractivity contribution < 1.29 is 19.1 Å². The van der Waals surface area contributed by atoms with E-state index in [4.69, 9.17) is 21.7 Å². The van der Waals surface area contributed by atoms with Crippen LogP contribution in [0.25, 0.3) is 6.08 Å². The number of carbonyl (C=O) groups is 2. The fourth-order valence-electron chi connectivity index (χ4n) is 3.13. The van der Waals surface area contributed by atoms with Crippen LogP contribution in [-0.2, 0) is 4.79 Å². The maximum Gasteiger partial charge on any atom is 0.285 e. The summed E-state index contributed by atoms with van der Waals surface area (Å²) in [5.74, 6) is 0.505. The Morgan fingerprint density at radius 1 is 1.19 bits per heavy atom. The smallest absolute Gasteiger partial charge is 0.285 e. The van der Waals surface area contributed by atoms with Crippen LogP contribution in [0.3, 0.4) is 0 Å². The largest absolute Gasteiger partial charge is 0.493 e. The third-order valence-corrected chi connectivity index (χ3v) is 6.19. The number of benzene rings is 2. The highest BCUT2D eigenvalue weighted by Crippen LogP contribution is 2.34. The molecule has 2 aromatic rings. The zero-order valence-corrected chi connectivity index (χ0v) is 20.0. The molecule has 1 aliphatic rings. The third-order valence-electron chi connectivity index (χ3n) is 4.89. The van der Waals surface area contributed by atoms with Crippen molar-refractivity contribution in [3.05, 3.63) is 64.1 Å². The van der Waals surface area contributed by atoms with Crippen LogP contribution in [0.5, 0.6) is 11.5 Å². The number of ether oxygens (including phenoxy) is 2. The summed E-state index contributed by atoms with van der Waals surface area (Å²) >= 11 is 6.46. The van der Waals surface area contributed by atoms with E-state index in [-0.39, 0.29) is 16.1 Å². The molecule has 0 radical (unpaired) electrons. The van der Waals surface area contributed by atoms with E-state index in [0.717, 1.165) is 47.2 Å². The summed E-state index contributed by atoms with van der Waals surface area (Å²) in [7, 11) is 1.58. The van der Waals surface area contributed by atoms with Crippen LogP contribution in [0.15, 0.2) is 47.4 Å². The van der Waals surface area contributed by atoms with Crippen molar-refractivity contribution in [3.63, 3.8) is 0 Å². The molecule has 32 heavy (non-hydrogen) atoms. The minimum Gasteiger partial charge on any atom is -0.493 e. The molecule has 0 aromatic heterocycles. The molecular formula is C24H26N2O4S2. The number of hydrogen-bond acceptors (Lipinski definition) is 6. The van der Waals surface area contributed by atoms with Crippen LogP contribution in [0, 0.1) is 6.92 Å². The Balaban J connectivity index is 1.72. The maximum absolute atomic E-state index is 12.9. The molecule has 8 heteroatoms. The first-order valence-electron chi connectivity index (χ1n) is 10.4. The van der Waals surface area contributed by atoms with E-state index in [9.17, 15) is 9.59 Å². The second kappa shape index (κ2) is 11.2. The van der Waals surface area contributed by atoms with E-state index >= 15 is 0 Å². The van der Waals surface area contributed by atoms with Crippen molar-refractivity contribution in [2.75, 3.05) is 13.7 Å². The van der Waals surface area contributed by atoms with Crippen LogP contribution in [-0.4, -0.2) is 34.9 Å². The summed E-state index contributed by atoms with van der Waals surface area (Å²) in [4.78, 5) is 25.9. The SMILES string of the molecule is CCCCCOc1ccc(/C=C2\SC(=S)N(NC(=O)c3ccccc3C)C2=O)cc1OC. The van der Waals surface area contributed by atoms with Gasteiger partial charge in [0.05, 0.1) is 18.6 Å². The first-order chi connectivity index (χ1) is 15.4. The Morgan fingerprint density at radius 3 is 2.69 bits per heavy atom. The van der Waals surface area contributed by atoms with Gasteiger partial charge in [-0.3, -0.25) is 15.0 Å². The van der Waals surface area contributed by atoms with Gasteiger partial charge in [-0.15, -0.1) is 0 Å². The molecular weight excluding hydrogens is 444 g/mol. The van der Waals surface area contributed by atoms with Crippen molar-refractivity contribution in [2.24, 2.45) is 0 Å². The van der Waals surface area contributed by atoms with Crippen LogP contribution < -0.4 is 14.9 Å². The number of methoxy groups -OCH3 is 1. The number of unbranched alkanes of at least 4 members (excludes halogenated alkanes) is 2. The minimum atomic E-state index is -0.383. The molecule has 0 bridgehead atoms. The number of hydrazine groups is 1. The predicted molar refractivity (Wildman–Crippen MR) is 132 cm³/mol. The van der Waals surface area contributed by atoms with Crippen molar-refractivity contribution in [3.8, 4) is 11.5 Å². The molecule has 2 aromatic carbocycles. The normalized spacial score (nSPS) is 14.7. The number of rotatable bonds is 9. The molecule has 3 rings (SSSR count). The van der Waals surface area contributed by atoms with Gasteiger partial charge in [-0.25, -0.2) is 0 Å². The molecule has 0 saturated carbocycles. The summed E-state index contributed by atoms with van der Waals surface area (Å²) in [5.41, 5.74) is 4.69. The zero-order valence-electron chi connectivity index (χ0n) is 18.3. The highest BCUT2D eigenvalue weighted by atomic mass is 32.2. The number of carbonyl (C=O) groups excluding carboxylic acids is 2. The number of aryl methyl sites for hydroxylation is 1. The Labute approximate surface area is 197 Å². The first kappa shape index (κ1) is 23.8. The van der Waals surface area contributed by atoms with Gasteiger partial charge in [-0.05, 0) is 61.0 Å². The lowest BCUT2D eigenvalue weighted by Gasteiger charge is -2.16. The quantitative estimate of drug-likeness (QED) is 0.312. The summed E-state index contributed by atoms with van der Waals surface area (Å²) in [5, 5.41) is 1.11. The Hall–Kier alpha value is -2.84. The average Bonchev–Trinajstić information content (AvgIpc) is 3.04. The van der Waals surface area contributed by atoms with Crippen LogP contribution in [0.2, 0.25) is 0 Å². The standard InChI is InChI=1S/C24H26N2O4S2/c1-4-5-8-13-30-19-12-11-17(14-20(19)29-3)15-21-23(28)26(24(31)32-21)25-22(27)18-10-7-6-9-16(18)2/h6-7,9-12,14-15H,4-5,8,13H2,1-3H3,(H,25,27)/b21-15-. The van der Waals surface area contributed by atoms with Gasteiger partial charge >= 0.3 is 0 Å². The van der Waals surface area contributed by atoms with E-state index < -0.39 is 0 Å². The summed E-state index contributed by atoms with van der Waals surface area (Å²) < 4.78 is 11.5. The van der Waals surface area contributed by atoms with Crippen molar-refractivity contribution in [1.29, 1.82) is 0 Å². The van der Waals surface area contributed by atoms with E-state index in [1.807, 2.05) is 37.3 Å². The molecule has 1 N–H and O–H groups in total. The van der Waals surface area contributed by atoms with Gasteiger partial charge in [0.1, 0.15) is 0 Å². The van der Waals surface area contributed by atoms with E-state index in [1.54, 1.807) is 25.3 Å². The Kier molecular flexibility index (Phi) is 8.30. The molecule has 1 fully saturated rings. The number of thiocarbonyl (C=S) groups is 1. The van der Waals surface area contributed by atoms with Gasteiger partial charge in [0, 0.05) is 5.56 Å². The van der Waals surface area contributed by atoms with Gasteiger partial charge in [0.15, 0.2) is 15.8 Å². The molecule has 1 aliphatic heterocycles. The fourth-order valence-corrected chi connectivity index (χ4v) is 4.31. The topological polar surface area (TPSA) is 67.9 Å².